The lowest BCUT2D eigenvalue weighted by Crippen LogP contribution is -2.32. The molecule has 4 rings (SSSR count). The highest BCUT2D eigenvalue weighted by atomic mass is 32.2. The Bertz CT molecular complexity index is 1010. The summed E-state index contributed by atoms with van der Waals surface area (Å²) in [5, 5.41) is 0. The Kier molecular flexibility index (Phi) is 4.26. The summed E-state index contributed by atoms with van der Waals surface area (Å²) in [7, 11) is -1.77. The summed E-state index contributed by atoms with van der Waals surface area (Å²) in [5.74, 6) is 0.0355. The monoisotopic (exact) mass is 385 g/mol. The molecule has 1 unspecified atom stereocenters. The molecule has 0 radical (unpaired) electrons. The van der Waals surface area contributed by atoms with Crippen molar-refractivity contribution in [3.8, 4) is 5.75 Å². The molecule has 140 valence electrons. The number of fused-ring (bicyclic) bond motifs is 2. The van der Waals surface area contributed by atoms with Crippen LogP contribution in [0, 0.1) is 0 Å². The summed E-state index contributed by atoms with van der Waals surface area (Å²) < 4.78 is 30.0. The first-order valence-electron chi connectivity index (χ1n) is 8.78. The molecule has 0 saturated heterocycles. The lowest BCUT2D eigenvalue weighted by Gasteiger charge is -2.27. The molecule has 2 aliphatic rings. The summed E-state index contributed by atoms with van der Waals surface area (Å²) in [6.45, 7) is 0.258. The van der Waals surface area contributed by atoms with Crippen LogP contribution in [0.3, 0.4) is 0 Å². The zero-order chi connectivity index (χ0) is 19.2. The van der Waals surface area contributed by atoms with Gasteiger partial charge in [0.15, 0.2) is 9.84 Å². The van der Waals surface area contributed by atoms with Crippen molar-refractivity contribution in [3.05, 3.63) is 59.2 Å². The van der Waals surface area contributed by atoms with E-state index in [0.717, 1.165) is 0 Å². The zero-order valence-electron chi connectivity index (χ0n) is 14.8. The van der Waals surface area contributed by atoms with Crippen molar-refractivity contribution in [2.45, 2.75) is 23.7 Å². The first-order chi connectivity index (χ1) is 12.9. The van der Waals surface area contributed by atoms with Gasteiger partial charge in [-0.2, -0.15) is 0 Å². The number of rotatable bonds is 4. The summed E-state index contributed by atoms with van der Waals surface area (Å²) in [4.78, 5) is 26.6. The van der Waals surface area contributed by atoms with Crippen LogP contribution in [0.5, 0.6) is 5.75 Å². The summed E-state index contributed by atoms with van der Waals surface area (Å²) >= 11 is 0. The van der Waals surface area contributed by atoms with E-state index in [2.05, 4.69) is 0 Å². The summed E-state index contributed by atoms with van der Waals surface area (Å²) in [6, 6.07) is 11.8. The van der Waals surface area contributed by atoms with Gasteiger partial charge in [0.2, 0.25) is 0 Å². The third-order valence-corrected chi connectivity index (χ3v) is 7.12. The Morgan fingerprint density at radius 2 is 1.74 bits per heavy atom. The van der Waals surface area contributed by atoms with Crippen LogP contribution in [-0.2, 0) is 9.84 Å². The molecule has 27 heavy (non-hydrogen) atoms. The normalized spacial score (nSPS) is 20.3. The first kappa shape index (κ1) is 17.7. The SMILES string of the molecule is COc1ccc2c(c1)C(CCN1C(=O)c3ccccc3C1=O)CCS2(=O)=O. The standard InChI is InChI=1S/C20H19NO5S/c1-26-14-6-7-18-17(12-14)13(9-11-27(18,24)25)8-10-21-19(22)15-4-2-3-5-16(15)20(21)23/h2-7,12-13H,8-11H2,1H3. The number of imide groups is 1. The number of sulfone groups is 1. The molecule has 6 nitrogen and oxygen atoms in total. The van der Waals surface area contributed by atoms with E-state index in [4.69, 9.17) is 4.74 Å². The molecule has 0 aliphatic carbocycles. The van der Waals surface area contributed by atoms with Gasteiger partial charge in [0.05, 0.1) is 28.9 Å². The van der Waals surface area contributed by atoms with E-state index in [-0.39, 0.29) is 30.0 Å². The number of amides is 2. The van der Waals surface area contributed by atoms with Crippen LogP contribution in [0.4, 0.5) is 0 Å². The van der Waals surface area contributed by atoms with Crippen LogP contribution in [0.25, 0.3) is 0 Å². The maximum absolute atomic E-state index is 12.5. The van der Waals surface area contributed by atoms with Gasteiger partial charge in [-0.3, -0.25) is 14.5 Å². The molecule has 2 heterocycles. The van der Waals surface area contributed by atoms with E-state index < -0.39 is 9.84 Å². The summed E-state index contributed by atoms with van der Waals surface area (Å²) in [5.41, 5.74) is 1.56. The molecule has 0 aromatic heterocycles. The molecule has 2 aromatic rings. The Morgan fingerprint density at radius 3 is 2.37 bits per heavy atom. The molecule has 0 fully saturated rings. The highest BCUT2D eigenvalue weighted by molar-refractivity contribution is 7.91. The first-order valence-corrected chi connectivity index (χ1v) is 10.4. The molecule has 1 atom stereocenters. The van der Waals surface area contributed by atoms with Crippen LogP contribution < -0.4 is 4.74 Å². The lowest BCUT2D eigenvalue weighted by atomic mass is 9.92. The van der Waals surface area contributed by atoms with Gasteiger partial charge < -0.3 is 4.74 Å². The number of hydrogen-bond donors (Lipinski definition) is 0. The van der Waals surface area contributed by atoms with Crippen molar-refractivity contribution in [2.24, 2.45) is 0 Å². The largest absolute Gasteiger partial charge is 0.497 e. The number of nitrogens with zero attached hydrogens (tertiary/aromatic N) is 1. The maximum Gasteiger partial charge on any atom is 0.261 e. The number of ether oxygens (including phenoxy) is 1. The minimum atomic E-state index is -3.31. The average Bonchev–Trinajstić information content (AvgIpc) is 2.92. The van der Waals surface area contributed by atoms with Gasteiger partial charge in [-0.15, -0.1) is 0 Å². The van der Waals surface area contributed by atoms with Gasteiger partial charge in [0.1, 0.15) is 5.75 Å². The maximum atomic E-state index is 12.5. The molecule has 0 bridgehead atoms. The van der Waals surface area contributed by atoms with Crippen molar-refractivity contribution in [3.63, 3.8) is 0 Å². The minimum absolute atomic E-state index is 0.0528. The van der Waals surface area contributed by atoms with E-state index in [9.17, 15) is 18.0 Å². The molecule has 2 aliphatic heterocycles. The topological polar surface area (TPSA) is 80.8 Å². The van der Waals surface area contributed by atoms with E-state index >= 15 is 0 Å². The van der Waals surface area contributed by atoms with Crippen LogP contribution in [0.15, 0.2) is 47.4 Å². The van der Waals surface area contributed by atoms with Gasteiger partial charge >= 0.3 is 0 Å². The van der Waals surface area contributed by atoms with Crippen LogP contribution in [0.2, 0.25) is 0 Å². The molecular formula is C20H19NO5S. The number of methoxy groups -OCH3 is 1. The van der Waals surface area contributed by atoms with Gasteiger partial charge in [0, 0.05) is 6.54 Å². The third-order valence-electron chi connectivity index (χ3n) is 5.31. The highest BCUT2D eigenvalue weighted by Gasteiger charge is 2.36. The number of carbonyl (C=O) groups is 2. The Labute approximate surface area is 157 Å². The third kappa shape index (κ3) is 2.92. The van der Waals surface area contributed by atoms with Gasteiger partial charge in [0.25, 0.3) is 11.8 Å². The summed E-state index contributed by atoms with van der Waals surface area (Å²) in [6.07, 6.45) is 0.979. The fraction of sp³-hybridized carbons (Fsp3) is 0.300. The van der Waals surface area contributed by atoms with E-state index in [1.165, 1.54) is 12.0 Å². The van der Waals surface area contributed by atoms with Gasteiger partial charge in [-0.25, -0.2) is 8.42 Å². The van der Waals surface area contributed by atoms with Crippen molar-refractivity contribution in [2.75, 3.05) is 19.4 Å². The second-order valence-electron chi connectivity index (χ2n) is 6.80. The van der Waals surface area contributed by atoms with Crippen LogP contribution >= 0.6 is 0 Å². The molecule has 2 aromatic carbocycles. The molecule has 7 heteroatoms. The van der Waals surface area contributed by atoms with Crippen molar-refractivity contribution < 1.29 is 22.7 Å². The van der Waals surface area contributed by atoms with Gasteiger partial charge in [-0.05, 0) is 54.7 Å². The predicted octanol–water partition coefficient (Wildman–Crippen LogP) is 2.64. The second-order valence-corrected chi connectivity index (χ2v) is 8.88. The Balaban J connectivity index is 1.58. The zero-order valence-corrected chi connectivity index (χ0v) is 15.7. The average molecular weight is 385 g/mol. The molecule has 2 amide bonds. The van der Waals surface area contributed by atoms with E-state index in [1.54, 1.807) is 42.5 Å². The number of hydrogen-bond acceptors (Lipinski definition) is 5. The van der Waals surface area contributed by atoms with Gasteiger partial charge in [-0.1, -0.05) is 12.1 Å². The van der Waals surface area contributed by atoms with Crippen LogP contribution in [-0.4, -0.2) is 44.5 Å². The fourth-order valence-electron chi connectivity index (χ4n) is 3.85. The highest BCUT2D eigenvalue weighted by Crippen LogP contribution is 2.38. The lowest BCUT2D eigenvalue weighted by molar-refractivity contribution is 0.0649. The number of benzene rings is 2. The smallest absolute Gasteiger partial charge is 0.261 e. The minimum Gasteiger partial charge on any atom is -0.497 e. The Hall–Kier alpha value is -2.67. The van der Waals surface area contributed by atoms with Crippen molar-refractivity contribution in [1.29, 1.82) is 0 Å². The fourth-order valence-corrected chi connectivity index (χ4v) is 5.52. The molecule has 0 saturated carbocycles. The Morgan fingerprint density at radius 1 is 1.07 bits per heavy atom. The second kappa shape index (κ2) is 6.49. The van der Waals surface area contributed by atoms with Crippen molar-refractivity contribution >= 4 is 21.7 Å². The molecule has 0 spiro atoms. The quantitative estimate of drug-likeness (QED) is 0.756. The van der Waals surface area contributed by atoms with Crippen molar-refractivity contribution in [1.82, 2.24) is 4.90 Å². The molecule has 0 N–H and O–H groups in total. The predicted molar refractivity (Wildman–Crippen MR) is 98.8 cm³/mol. The van der Waals surface area contributed by atoms with E-state index in [1.807, 2.05) is 0 Å². The number of carbonyl (C=O) groups excluding carboxylic acids is 2. The van der Waals surface area contributed by atoms with E-state index in [0.29, 0.717) is 40.2 Å². The van der Waals surface area contributed by atoms with Crippen LogP contribution in [0.1, 0.15) is 45.0 Å². The molecular weight excluding hydrogens is 366 g/mol.